The van der Waals surface area contributed by atoms with E-state index in [4.69, 9.17) is 10.8 Å². The second kappa shape index (κ2) is 6.45. The van der Waals surface area contributed by atoms with Gasteiger partial charge in [-0.2, -0.15) is 0 Å². The minimum Gasteiger partial charge on any atom is -0.399 e. The molecule has 0 aliphatic carbocycles. The first-order chi connectivity index (χ1) is 8.12. The first-order valence-corrected chi connectivity index (χ1v) is 6.05. The van der Waals surface area contributed by atoms with Gasteiger partial charge >= 0.3 is 0 Å². The zero-order valence-electron chi connectivity index (χ0n) is 10.5. The van der Waals surface area contributed by atoms with Crippen molar-refractivity contribution in [3.8, 4) is 0 Å². The van der Waals surface area contributed by atoms with Gasteiger partial charge in [-0.1, -0.05) is 13.8 Å². The highest BCUT2D eigenvalue weighted by Crippen LogP contribution is 2.24. The van der Waals surface area contributed by atoms with Gasteiger partial charge < -0.3 is 15.7 Å². The Morgan fingerprint density at radius 1 is 1.29 bits per heavy atom. The zero-order valence-corrected chi connectivity index (χ0v) is 10.5. The smallest absolute Gasteiger partial charge is 0.127 e. The van der Waals surface area contributed by atoms with Crippen LogP contribution in [0.2, 0.25) is 0 Å². The third-order valence-electron chi connectivity index (χ3n) is 2.96. The van der Waals surface area contributed by atoms with Crippen LogP contribution in [0.15, 0.2) is 18.2 Å². The molecule has 1 rings (SSSR count). The van der Waals surface area contributed by atoms with Crippen molar-refractivity contribution < 1.29 is 9.50 Å². The van der Waals surface area contributed by atoms with Gasteiger partial charge in [0.25, 0.3) is 0 Å². The molecule has 0 bridgehead atoms. The molecule has 1 aromatic carbocycles. The Kier molecular flexibility index (Phi) is 5.22. The van der Waals surface area contributed by atoms with E-state index in [1.54, 1.807) is 6.07 Å². The molecule has 0 amide bonds. The van der Waals surface area contributed by atoms with Gasteiger partial charge in [-0.25, -0.2) is 4.39 Å². The molecule has 0 aliphatic rings. The van der Waals surface area contributed by atoms with E-state index in [-0.39, 0.29) is 12.4 Å². The van der Waals surface area contributed by atoms with Gasteiger partial charge in [0.15, 0.2) is 0 Å². The predicted octanol–water partition coefficient (Wildman–Crippen LogP) is 2.40. The van der Waals surface area contributed by atoms with Crippen LogP contribution in [0.3, 0.4) is 0 Å². The maximum absolute atomic E-state index is 13.3. The van der Waals surface area contributed by atoms with E-state index in [1.165, 1.54) is 12.1 Å². The number of aliphatic hydroxyl groups excluding tert-OH is 1. The van der Waals surface area contributed by atoms with Gasteiger partial charge in [-0.3, -0.25) is 0 Å². The number of benzene rings is 1. The fourth-order valence-corrected chi connectivity index (χ4v) is 2.12. The molecule has 0 radical (unpaired) electrons. The highest BCUT2D eigenvalue weighted by molar-refractivity contribution is 5.57. The molecule has 0 fully saturated rings. The monoisotopic (exact) mass is 240 g/mol. The number of nitrogens with two attached hydrogens (primary N) is 1. The molecule has 0 spiro atoms. The first-order valence-electron chi connectivity index (χ1n) is 6.05. The summed E-state index contributed by atoms with van der Waals surface area (Å²) in [5.74, 6) is -0.339. The SMILES string of the molecule is CCC(CC)N(CCO)c1cc(N)cc(F)c1. The summed E-state index contributed by atoms with van der Waals surface area (Å²) < 4.78 is 13.3. The highest BCUT2D eigenvalue weighted by Gasteiger charge is 2.16. The number of hydrogen-bond donors (Lipinski definition) is 2. The average Bonchev–Trinajstić information content (AvgIpc) is 2.28. The van der Waals surface area contributed by atoms with Crippen molar-refractivity contribution in [1.29, 1.82) is 0 Å². The van der Waals surface area contributed by atoms with Crippen molar-refractivity contribution in [2.75, 3.05) is 23.8 Å². The molecule has 3 N–H and O–H groups in total. The normalized spacial score (nSPS) is 10.9. The van der Waals surface area contributed by atoms with Crippen LogP contribution in [-0.4, -0.2) is 24.3 Å². The fourth-order valence-electron chi connectivity index (χ4n) is 2.12. The van der Waals surface area contributed by atoms with E-state index in [0.29, 0.717) is 18.3 Å². The number of nitrogen functional groups attached to an aromatic ring is 1. The van der Waals surface area contributed by atoms with Crippen LogP contribution in [-0.2, 0) is 0 Å². The van der Waals surface area contributed by atoms with Crippen molar-refractivity contribution in [2.24, 2.45) is 0 Å². The Morgan fingerprint density at radius 3 is 2.41 bits per heavy atom. The number of anilines is 2. The molecule has 0 aromatic heterocycles. The van der Waals surface area contributed by atoms with Gasteiger partial charge in [-0.05, 0) is 31.0 Å². The van der Waals surface area contributed by atoms with Crippen LogP contribution >= 0.6 is 0 Å². The van der Waals surface area contributed by atoms with E-state index >= 15 is 0 Å². The summed E-state index contributed by atoms with van der Waals surface area (Å²) in [6.07, 6.45) is 1.90. The predicted molar refractivity (Wildman–Crippen MR) is 69.6 cm³/mol. The summed E-state index contributed by atoms with van der Waals surface area (Å²) in [6.45, 7) is 4.71. The summed E-state index contributed by atoms with van der Waals surface area (Å²) in [5.41, 5.74) is 6.80. The zero-order chi connectivity index (χ0) is 12.8. The molecule has 4 heteroatoms. The summed E-state index contributed by atoms with van der Waals surface area (Å²) >= 11 is 0. The van der Waals surface area contributed by atoms with Gasteiger partial charge in [0.05, 0.1) is 6.61 Å². The molecular formula is C13H21FN2O. The number of aliphatic hydroxyl groups is 1. The Hall–Kier alpha value is -1.29. The van der Waals surface area contributed by atoms with E-state index in [9.17, 15) is 4.39 Å². The van der Waals surface area contributed by atoms with Crippen LogP contribution in [0.4, 0.5) is 15.8 Å². The molecule has 0 aliphatic heterocycles. The van der Waals surface area contributed by atoms with E-state index in [2.05, 4.69) is 13.8 Å². The molecule has 96 valence electrons. The van der Waals surface area contributed by atoms with Gasteiger partial charge in [0.1, 0.15) is 5.82 Å². The lowest BCUT2D eigenvalue weighted by molar-refractivity contribution is 0.296. The topological polar surface area (TPSA) is 49.5 Å². The van der Waals surface area contributed by atoms with Crippen LogP contribution in [0.1, 0.15) is 26.7 Å². The molecule has 0 saturated heterocycles. The van der Waals surface area contributed by atoms with Crippen LogP contribution in [0, 0.1) is 5.82 Å². The molecule has 17 heavy (non-hydrogen) atoms. The van der Waals surface area contributed by atoms with Gasteiger partial charge in [0.2, 0.25) is 0 Å². The quantitative estimate of drug-likeness (QED) is 0.751. The minimum atomic E-state index is -0.339. The lowest BCUT2D eigenvalue weighted by Gasteiger charge is -2.32. The minimum absolute atomic E-state index is 0.0485. The maximum Gasteiger partial charge on any atom is 0.127 e. The first kappa shape index (κ1) is 13.8. The molecule has 0 saturated carbocycles. The second-order valence-corrected chi connectivity index (χ2v) is 4.13. The second-order valence-electron chi connectivity index (χ2n) is 4.13. The van der Waals surface area contributed by atoms with E-state index in [0.717, 1.165) is 18.5 Å². The molecule has 1 aromatic rings. The van der Waals surface area contributed by atoms with Gasteiger partial charge in [-0.15, -0.1) is 0 Å². The van der Waals surface area contributed by atoms with Crippen LogP contribution in [0.5, 0.6) is 0 Å². The van der Waals surface area contributed by atoms with Crippen molar-refractivity contribution >= 4 is 11.4 Å². The Bertz CT molecular complexity index is 333. The van der Waals surface area contributed by atoms with E-state index < -0.39 is 0 Å². The molecule has 0 heterocycles. The van der Waals surface area contributed by atoms with Crippen LogP contribution in [0.25, 0.3) is 0 Å². The Labute approximate surface area is 102 Å². The third kappa shape index (κ3) is 3.60. The standard InChI is InChI=1S/C13H21FN2O/c1-3-12(4-2)16(5-6-17)13-8-10(14)7-11(15)9-13/h7-9,12,17H,3-6,15H2,1-2H3. The lowest BCUT2D eigenvalue weighted by atomic mass is 10.1. The summed E-state index contributed by atoms with van der Waals surface area (Å²) in [6, 6.07) is 4.80. The summed E-state index contributed by atoms with van der Waals surface area (Å²) in [4.78, 5) is 2.01. The fraction of sp³-hybridized carbons (Fsp3) is 0.538. The summed E-state index contributed by atoms with van der Waals surface area (Å²) in [7, 11) is 0. The molecule has 0 unspecified atom stereocenters. The number of nitrogens with zero attached hydrogens (tertiary/aromatic N) is 1. The third-order valence-corrected chi connectivity index (χ3v) is 2.96. The number of halogens is 1. The maximum atomic E-state index is 13.3. The molecular weight excluding hydrogens is 219 g/mol. The molecule has 3 nitrogen and oxygen atoms in total. The average molecular weight is 240 g/mol. The van der Waals surface area contributed by atoms with Crippen molar-refractivity contribution in [1.82, 2.24) is 0 Å². The largest absolute Gasteiger partial charge is 0.399 e. The van der Waals surface area contributed by atoms with Crippen molar-refractivity contribution in [3.63, 3.8) is 0 Å². The van der Waals surface area contributed by atoms with Crippen molar-refractivity contribution in [2.45, 2.75) is 32.7 Å². The van der Waals surface area contributed by atoms with Gasteiger partial charge in [0, 0.05) is 24.0 Å². The number of hydrogen-bond acceptors (Lipinski definition) is 3. The van der Waals surface area contributed by atoms with Crippen molar-refractivity contribution in [3.05, 3.63) is 24.0 Å². The molecule has 0 atom stereocenters. The summed E-state index contributed by atoms with van der Waals surface area (Å²) in [5, 5.41) is 9.11. The Balaban J connectivity index is 3.03. The number of rotatable bonds is 6. The Morgan fingerprint density at radius 2 is 1.94 bits per heavy atom. The lowest BCUT2D eigenvalue weighted by Crippen LogP contribution is -2.36. The van der Waals surface area contributed by atoms with E-state index in [1.807, 2.05) is 4.90 Å². The highest BCUT2D eigenvalue weighted by atomic mass is 19.1. The van der Waals surface area contributed by atoms with Crippen LogP contribution < -0.4 is 10.6 Å².